The van der Waals surface area contributed by atoms with Gasteiger partial charge in [0.15, 0.2) is 0 Å². The van der Waals surface area contributed by atoms with Gasteiger partial charge in [-0.05, 0) is 31.9 Å². The average Bonchev–Trinajstić information content (AvgIpc) is 2.55. The third-order valence-corrected chi connectivity index (χ3v) is 3.54. The Bertz CT molecular complexity index is 419. The third kappa shape index (κ3) is 3.29. The lowest BCUT2D eigenvalue weighted by atomic mass is 10.0. The van der Waals surface area contributed by atoms with Gasteiger partial charge >= 0.3 is 0 Å². The number of hydrogen-bond donors (Lipinski definition) is 2. The van der Waals surface area contributed by atoms with E-state index in [1.807, 2.05) is 6.92 Å². The Balaban J connectivity index is 2.01. The molecule has 0 spiro atoms. The van der Waals surface area contributed by atoms with Gasteiger partial charge in [0.05, 0.1) is 0 Å². The maximum atomic E-state index is 12.1. The highest BCUT2D eigenvalue weighted by Gasteiger charge is 2.22. The van der Waals surface area contributed by atoms with Crippen LogP contribution in [0.2, 0.25) is 0 Å². The predicted molar refractivity (Wildman–Crippen MR) is 71.3 cm³/mol. The summed E-state index contributed by atoms with van der Waals surface area (Å²) in [6, 6.07) is 3.73. The van der Waals surface area contributed by atoms with Crippen molar-refractivity contribution in [3.05, 3.63) is 29.6 Å². The fraction of sp³-hybridized carbons (Fsp3) is 0.571. The molecule has 4 heteroatoms. The minimum atomic E-state index is -0.0390. The third-order valence-electron chi connectivity index (χ3n) is 3.54. The molecule has 1 saturated carbocycles. The highest BCUT2D eigenvalue weighted by molar-refractivity contribution is 5.94. The Kier molecular flexibility index (Phi) is 4.31. The van der Waals surface area contributed by atoms with Crippen molar-refractivity contribution in [1.82, 2.24) is 10.3 Å². The fourth-order valence-corrected chi connectivity index (χ4v) is 2.45. The number of nitrogens with two attached hydrogens (primary N) is 1. The largest absolute Gasteiger partial charge is 0.348 e. The van der Waals surface area contributed by atoms with Crippen molar-refractivity contribution < 1.29 is 4.79 Å². The summed E-state index contributed by atoms with van der Waals surface area (Å²) in [6.07, 6.45) is 7.18. The quantitative estimate of drug-likeness (QED) is 0.783. The number of rotatable bonds is 2. The van der Waals surface area contributed by atoms with Crippen LogP contribution in [0, 0.1) is 6.92 Å². The van der Waals surface area contributed by atoms with Gasteiger partial charge in [0, 0.05) is 29.5 Å². The first-order chi connectivity index (χ1) is 8.66. The molecule has 1 heterocycles. The molecule has 98 valence electrons. The molecule has 2 atom stereocenters. The van der Waals surface area contributed by atoms with Crippen molar-refractivity contribution >= 4 is 5.91 Å². The average molecular weight is 247 g/mol. The molecule has 1 aromatic heterocycles. The monoisotopic (exact) mass is 247 g/mol. The molecular formula is C14H21N3O. The van der Waals surface area contributed by atoms with Gasteiger partial charge in [0.2, 0.25) is 0 Å². The summed E-state index contributed by atoms with van der Waals surface area (Å²) >= 11 is 0. The summed E-state index contributed by atoms with van der Waals surface area (Å²) < 4.78 is 0. The highest BCUT2D eigenvalue weighted by Crippen LogP contribution is 2.17. The van der Waals surface area contributed by atoms with Crippen molar-refractivity contribution in [2.24, 2.45) is 5.73 Å². The second-order valence-electron chi connectivity index (χ2n) is 5.07. The SMILES string of the molecule is Cc1cc(C(=O)NC2CCCCCC2N)ccn1. The summed E-state index contributed by atoms with van der Waals surface area (Å²) in [5.41, 5.74) is 7.63. The second-order valence-corrected chi connectivity index (χ2v) is 5.07. The van der Waals surface area contributed by atoms with Crippen LogP contribution in [0.1, 0.15) is 48.2 Å². The van der Waals surface area contributed by atoms with Crippen LogP contribution < -0.4 is 11.1 Å². The molecule has 1 amide bonds. The number of aromatic nitrogens is 1. The molecule has 0 saturated heterocycles. The lowest BCUT2D eigenvalue weighted by Crippen LogP contribution is -2.46. The number of nitrogens with zero attached hydrogens (tertiary/aromatic N) is 1. The van der Waals surface area contributed by atoms with E-state index in [2.05, 4.69) is 10.3 Å². The first-order valence-electron chi connectivity index (χ1n) is 6.66. The van der Waals surface area contributed by atoms with Gasteiger partial charge in [-0.2, -0.15) is 0 Å². The van der Waals surface area contributed by atoms with Gasteiger partial charge in [0.25, 0.3) is 5.91 Å². The Hall–Kier alpha value is -1.42. The lowest BCUT2D eigenvalue weighted by Gasteiger charge is -2.22. The molecular weight excluding hydrogens is 226 g/mol. The molecule has 3 N–H and O–H groups in total. The first kappa shape index (κ1) is 13.0. The smallest absolute Gasteiger partial charge is 0.251 e. The molecule has 1 fully saturated rings. The predicted octanol–water partition coefficient (Wildman–Crippen LogP) is 1.78. The number of carbonyl (C=O) groups excluding carboxylic acids is 1. The van der Waals surface area contributed by atoms with Crippen molar-refractivity contribution in [3.8, 4) is 0 Å². The van der Waals surface area contributed by atoms with E-state index >= 15 is 0 Å². The van der Waals surface area contributed by atoms with E-state index in [0.717, 1.165) is 25.0 Å². The summed E-state index contributed by atoms with van der Waals surface area (Å²) in [7, 11) is 0. The minimum Gasteiger partial charge on any atom is -0.348 e. The van der Waals surface area contributed by atoms with Crippen molar-refractivity contribution in [3.63, 3.8) is 0 Å². The molecule has 2 unspecified atom stereocenters. The second kappa shape index (κ2) is 5.96. The van der Waals surface area contributed by atoms with E-state index in [1.165, 1.54) is 12.8 Å². The zero-order valence-corrected chi connectivity index (χ0v) is 10.9. The molecule has 0 aromatic carbocycles. The van der Waals surface area contributed by atoms with E-state index in [4.69, 9.17) is 5.73 Å². The van der Waals surface area contributed by atoms with Crippen LogP contribution in [0.3, 0.4) is 0 Å². The van der Waals surface area contributed by atoms with Gasteiger partial charge in [-0.15, -0.1) is 0 Å². The molecule has 18 heavy (non-hydrogen) atoms. The van der Waals surface area contributed by atoms with Crippen molar-refractivity contribution in [2.45, 2.75) is 51.1 Å². The first-order valence-corrected chi connectivity index (χ1v) is 6.66. The Morgan fingerprint density at radius 3 is 2.94 bits per heavy atom. The van der Waals surface area contributed by atoms with E-state index in [0.29, 0.717) is 5.56 Å². The van der Waals surface area contributed by atoms with Gasteiger partial charge in [-0.1, -0.05) is 19.3 Å². The Morgan fingerprint density at radius 1 is 1.39 bits per heavy atom. The summed E-state index contributed by atoms with van der Waals surface area (Å²) in [4.78, 5) is 16.2. The zero-order chi connectivity index (χ0) is 13.0. The Labute approximate surface area is 108 Å². The van der Waals surface area contributed by atoms with E-state index in [9.17, 15) is 4.79 Å². The molecule has 1 aliphatic carbocycles. The summed E-state index contributed by atoms with van der Waals surface area (Å²) in [6.45, 7) is 1.88. The number of carbonyl (C=O) groups is 1. The van der Waals surface area contributed by atoms with Crippen LogP contribution in [-0.2, 0) is 0 Å². The van der Waals surface area contributed by atoms with E-state index in [-0.39, 0.29) is 18.0 Å². The summed E-state index contributed by atoms with van der Waals surface area (Å²) in [5.74, 6) is -0.0390. The number of nitrogens with one attached hydrogen (secondary N) is 1. The molecule has 2 rings (SSSR count). The van der Waals surface area contributed by atoms with Crippen LogP contribution in [0.5, 0.6) is 0 Å². The van der Waals surface area contributed by atoms with Crippen LogP contribution in [0.4, 0.5) is 0 Å². The van der Waals surface area contributed by atoms with Crippen molar-refractivity contribution in [2.75, 3.05) is 0 Å². The van der Waals surface area contributed by atoms with Crippen molar-refractivity contribution in [1.29, 1.82) is 0 Å². The van der Waals surface area contributed by atoms with Gasteiger partial charge in [-0.25, -0.2) is 0 Å². The van der Waals surface area contributed by atoms with Crippen LogP contribution >= 0.6 is 0 Å². The topological polar surface area (TPSA) is 68.0 Å². The van der Waals surface area contributed by atoms with Crippen LogP contribution in [0.25, 0.3) is 0 Å². The zero-order valence-electron chi connectivity index (χ0n) is 10.9. The van der Waals surface area contributed by atoms with Crippen LogP contribution in [0.15, 0.2) is 18.3 Å². The standard InChI is InChI=1S/C14H21N3O/c1-10-9-11(7-8-16-10)14(18)17-13-6-4-2-3-5-12(13)15/h7-9,12-13H,2-6,15H2,1H3,(H,17,18). The number of aryl methyl sites for hydroxylation is 1. The van der Waals surface area contributed by atoms with Gasteiger partial charge < -0.3 is 11.1 Å². The number of amides is 1. The minimum absolute atomic E-state index is 0.0390. The van der Waals surface area contributed by atoms with E-state index in [1.54, 1.807) is 18.3 Å². The summed E-state index contributed by atoms with van der Waals surface area (Å²) in [5, 5.41) is 3.06. The van der Waals surface area contributed by atoms with Crippen LogP contribution in [-0.4, -0.2) is 23.0 Å². The van der Waals surface area contributed by atoms with Gasteiger partial charge in [-0.3, -0.25) is 9.78 Å². The Morgan fingerprint density at radius 2 is 2.17 bits per heavy atom. The molecule has 0 radical (unpaired) electrons. The molecule has 0 aliphatic heterocycles. The molecule has 4 nitrogen and oxygen atoms in total. The van der Waals surface area contributed by atoms with E-state index < -0.39 is 0 Å². The van der Waals surface area contributed by atoms with Gasteiger partial charge in [0.1, 0.15) is 0 Å². The normalized spacial score (nSPS) is 24.3. The molecule has 1 aromatic rings. The maximum absolute atomic E-state index is 12.1. The molecule has 0 bridgehead atoms. The lowest BCUT2D eigenvalue weighted by molar-refractivity contribution is 0.0928. The fourth-order valence-electron chi connectivity index (χ4n) is 2.45. The number of hydrogen-bond acceptors (Lipinski definition) is 3. The number of pyridine rings is 1. The maximum Gasteiger partial charge on any atom is 0.251 e. The highest BCUT2D eigenvalue weighted by atomic mass is 16.1. The molecule has 1 aliphatic rings.